The zero-order chi connectivity index (χ0) is 15.9. The molecule has 0 saturated carbocycles. The minimum absolute atomic E-state index is 0.437. The number of nitrogens with zero attached hydrogens (tertiary/aromatic N) is 2. The van der Waals surface area contributed by atoms with E-state index in [1.165, 1.54) is 24.0 Å². The van der Waals surface area contributed by atoms with Gasteiger partial charge in [-0.25, -0.2) is 0 Å². The second-order valence-corrected chi connectivity index (χ2v) is 6.19. The predicted molar refractivity (Wildman–Crippen MR) is 95.6 cm³/mol. The average Bonchev–Trinajstić information content (AvgIpc) is 3.13. The molecule has 1 saturated heterocycles. The third-order valence-electron chi connectivity index (χ3n) is 4.64. The van der Waals surface area contributed by atoms with Gasteiger partial charge >= 0.3 is 0 Å². The minimum Gasteiger partial charge on any atom is -0.378 e. The fraction of sp³-hybridized carbons (Fsp3) is 0.526. The molecule has 0 amide bonds. The minimum atomic E-state index is 0.437. The van der Waals surface area contributed by atoms with E-state index in [9.17, 15) is 0 Å². The van der Waals surface area contributed by atoms with Crippen molar-refractivity contribution in [1.82, 2.24) is 10.2 Å². The third-order valence-corrected chi connectivity index (χ3v) is 4.64. The van der Waals surface area contributed by atoms with E-state index in [1.54, 1.807) is 0 Å². The first-order chi connectivity index (χ1) is 11.4. The van der Waals surface area contributed by atoms with Gasteiger partial charge in [0, 0.05) is 33.3 Å². The summed E-state index contributed by atoms with van der Waals surface area (Å²) >= 11 is 0. The molecular formula is C19H27N3O. The quantitative estimate of drug-likeness (QED) is 0.686. The van der Waals surface area contributed by atoms with Gasteiger partial charge in [-0.3, -0.25) is 4.99 Å². The van der Waals surface area contributed by atoms with Crippen LogP contribution in [0.25, 0.3) is 5.57 Å². The Kier molecular flexibility index (Phi) is 5.70. The van der Waals surface area contributed by atoms with Crippen LogP contribution < -0.4 is 5.32 Å². The number of ether oxygens (including phenoxy) is 1. The lowest BCUT2D eigenvalue weighted by Crippen LogP contribution is -2.44. The Morgan fingerprint density at radius 1 is 1.35 bits per heavy atom. The van der Waals surface area contributed by atoms with Crippen molar-refractivity contribution in [2.45, 2.75) is 31.8 Å². The molecule has 4 heteroatoms. The number of aliphatic imine (C=N–C) groups is 1. The van der Waals surface area contributed by atoms with Crippen molar-refractivity contribution in [3.63, 3.8) is 0 Å². The molecule has 1 aromatic rings. The summed E-state index contributed by atoms with van der Waals surface area (Å²) in [6.45, 7) is 3.80. The molecule has 1 aromatic carbocycles. The summed E-state index contributed by atoms with van der Waals surface area (Å²) in [7, 11) is 1.87. The topological polar surface area (TPSA) is 36.9 Å². The molecule has 2 aliphatic heterocycles. The highest BCUT2D eigenvalue weighted by atomic mass is 16.5. The molecule has 124 valence electrons. The summed E-state index contributed by atoms with van der Waals surface area (Å²) < 4.78 is 5.67. The van der Waals surface area contributed by atoms with E-state index in [-0.39, 0.29) is 0 Å². The van der Waals surface area contributed by atoms with Crippen LogP contribution in [0.15, 0.2) is 41.4 Å². The van der Waals surface area contributed by atoms with Crippen LogP contribution in [-0.2, 0) is 4.74 Å². The normalized spacial score (nSPS) is 22.1. The average molecular weight is 313 g/mol. The van der Waals surface area contributed by atoms with Crippen molar-refractivity contribution in [2.24, 2.45) is 4.99 Å². The van der Waals surface area contributed by atoms with Crippen LogP contribution in [0.3, 0.4) is 0 Å². The van der Waals surface area contributed by atoms with Crippen LogP contribution in [0.4, 0.5) is 0 Å². The smallest absolute Gasteiger partial charge is 0.193 e. The predicted octanol–water partition coefficient (Wildman–Crippen LogP) is 2.92. The molecule has 3 rings (SSSR count). The summed E-state index contributed by atoms with van der Waals surface area (Å²) in [6.07, 6.45) is 7.30. The highest BCUT2D eigenvalue weighted by Gasteiger charge is 2.18. The van der Waals surface area contributed by atoms with Crippen LogP contribution in [0, 0.1) is 0 Å². The Balaban J connectivity index is 1.49. The fourth-order valence-electron chi connectivity index (χ4n) is 3.33. The number of rotatable bonds is 4. The number of benzene rings is 1. The first-order valence-electron chi connectivity index (χ1n) is 8.68. The molecule has 1 unspecified atom stereocenters. The van der Waals surface area contributed by atoms with Gasteiger partial charge in [0.15, 0.2) is 5.96 Å². The molecule has 0 spiro atoms. The van der Waals surface area contributed by atoms with Gasteiger partial charge in [-0.15, -0.1) is 0 Å². The molecule has 2 aliphatic rings. The molecule has 0 bridgehead atoms. The Morgan fingerprint density at radius 2 is 2.22 bits per heavy atom. The number of nitrogens with one attached hydrogen (secondary N) is 1. The van der Waals surface area contributed by atoms with Crippen molar-refractivity contribution in [2.75, 3.05) is 33.3 Å². The molecule has 0 aliphatic carbocycles. The Hall–Kier alpha value is -1.81. The zero-order valence-corrected chi connectivity index (χ0v) is 14.0. The highest BCUT2D eigenvalue weighted by Crippen LogP contribution is 2.22. The van der Waals surface area contributed by atoms with Crippen LogP contribution in [-0.4, -0.2) is 50.3 Å². The SMILES string of the molecule is CN=C(NCCC1CCCO1)N1CC=C(c2ccccc2)CC1. The van der Waals surface area contributed by atoms with Gasteiger partial charge in [-0.05, 0) is 36.8 Å². The molecule has 1 N–H and O–H groups in total. The van der Waals surface area contributed by atoms with Gasteiger partial charge in [0.2, 0.25) is 0 Å². The van der Waals surface area contributed by atoms with Gasteiger partial charge in [0.25, 0.3) is 0 Å². The van der Waals surface area contributed by atoms with Gasteiger partial charge in [-0.2, -0.15) is 0 Å². The van der Waals surface area contributed by atoms with Crippen molar-refractivity contribution < 1.29 is 4.74 Å². The van der Waals surface area contributed by atoms with E-state index in [1.807, 2.05) is 7.05 Å². The van der Waals surface area contributed by atoms with Gasteiger partial charge < -0.3 is 15.0 Å². The Morgan fingerprint density at radius 3 is 2.87 bits per heavy atom. The molecule has 0 radical (unpaired) electrons. The van der Waals surface area contributed by atoms with Gasteiger partial charge in [-0.1, -0.05) is 36.4 Å². The molecule has 0 aromatic heterocycles. The number of guanidine groups is 1. The summed E-state index contributed by atoms with van der Waals surface area (Å²) in [6, 6.07) is 10.7. The first kappa shape index (κ1) is 16.1. The maximum absolute atomic E-state index is 5.67. The van der Waals surface area contributed by atoms with E-state index < -0.39 is 0 Å². The second-order valence-electron chi connectivity index (χ2n) is 6.19. The largest absolute Gasteiger partial charge is 0.378 e. The molecule has 23 heavy (non-hydrogen) atoms. The lowest BCUT2D eigenvalue weighted by Gasteiger charge is -2.30. The Labute approximate surface area is 139 Å². The summed E-state index contributed by atoms with van der Waals surface area (Å²) in [5, 5.41) is 3.49. The van der Waals surface area contributed by atoms with E-state index in [0.717, 1.165) is 45.0 Å². The van der Waals surface area contributed by atoms with Crippen molar-refractivity contribution in [1.29, 1.82) is 0 Å². The van der Waals surface area contributed by atoms with Crippen molar-refractivity contribution in [3.05, 3.63) is 42.0 Å². The zero-order valence-electron chi connectivity index (χ0n) is 14.0. The summed E-state index contributed by atoms with van der Waals surface area (Å²) in [5.41, 5.74) is 2.78. The molecular weight excluding hydrogens is 286 g/mol. The standard InChI is InChI=1S/C19H27N3O/c1-20-19(21-12-9-18-8-5-15-23-18)22-13-10-17(11-14-22)16-6-3-2-4-7-16/h2-4,6-7,10,18H,5,8-9,11-15H2,1H3,(H,20,21). The molecule has 2 heterocycles. The summed E-state index contributed by atoms with van der Waals surface area (Å²) in [4.78, 5) is 6.76. The highest BCUT2D eigenvalue weighted by molar-refractivity contribution is 5.81. The molecule has 1 atom stereocenters. The van der Waals surface area contributed by atoms with Crippen LogP contribution in [0.1, 0.15) is 31.2 Å². The third kappa shape index (κ3) is 4.35. The maximum Gasteiger partial charge on any atom is 0.193 e. The lowest BCUT2D eigenvalue weighted by atomic mass is 10.00. The van der Waals surface area contributed by atoms with E-state index in [0.29, 0.717) is 6.10 Å². The second kappa shape index (κ2) is 8.16. The molecule has 4 nitrogen and oxygen atoms in total. The summed E-state index contributed by atoms with van der Waals surface area (Å²) in [5.74, 6) is 1.01. The van der Waals surface area contributed by atoms with E-state index in [2.05, 4.69) is 51.6 Å². The maximum atomic E-state index is 5.67. The van der Waals surface area contributed by atoms with Crippen LogP contribution >= 0.6 is 0 Å². The molecule has 1 fully saturated rings. The Bertz CT molecular complexity index is 547. The van der Waals surface area contributed by atoms with Gasteiger partial charge in [0.05, 0.1) is 6.10 Å². The first-order valence-corrected chi connectivity index (χ1v) is 8.68. The van der Waals surface area contributed by atoms with E-state index >= 15 is 0 Å². The van der Waals surface area contributed by atoms with Crippen molar-refractivity contribution in [3.8, 4) is 0 Å². The van der Waals surface area contributed by atoms with Crippen molar-refractivity contribution >= 4 is 11.5 Å². The fourth-order valence-corrected chi connectivity index (χ4v) is 3.33. The van der Waals surface area contributed by atoms with Gasteiger partial charge in [0.1, 0.15) is 0 Å². The van der Waals surface area contributed by atoms with E-state index in [4.69, 9.17) is 4.74 Å². The number of hydrogen-bond donors (Lipinski definition) is 1. The monoisotopic (exact) mass is 313 g/mol. The van der Waals surface area contributed by atoms with Crippen LogP contribution in [0.2, 0.25) is 0 Å². The van der Waals surface area contributed by atoms with Crippen LogP contribution in [0.5, 0.6) is 0 Å². The number of hydrogen-bond acceptors (Lipinski definition) is 2. The lowest BCUT2D eigenvalue weighted by molar-refractivity contribution is 0.105.